The molecular formula is C12H23NO. The zero-order valence-electron chi connectivity index (χ0n) is 9.34. The second-order valence-corrected chi connectivity index (χ2v) is 5.44. The maximum Gasteiger partial charge on any atom is 0.0485 e. The molecule has 2 nitrogen and oxygen atoms in total. The number of piperidine rings is 1. The predicted octanol–water partition coefficient (Wildman–Crippen LogP) is 2.02. The topological polar surface area (TPSA) is 23.5 Å². The van der Waals surface area contributed by atoms with Crippen LogP contribution in [0.15, 0.2) is 0 Å². The molecule has 0 radical (unpaired) electrons. The molecule has 2 rings (SSSR count). The Hall–Kier alpha value is -0.0800. The number of rotatable bonds is 2. The summed E-state index contributed by atoms with van der Waals surface area (Å²) in [5.41, 5.74) is 0.217. The number of aliphatic hydroxyl groups is 1. The summed E-state index contributed by atoms with van der Waals surface area (Å²) in [6.45, 7) is 5.01. The first-order valence-corrected chi connectivity index (χ1v) is 6.08. The Morgan fingerprint density at radius 3 is 2.29 bits per heavy atom. The van der Waals surface area contributed by atoms with Crippen LogP contribution in [0.5, 0.6) is 0 Å². The van der Waals surface area contributed by atoms with E-state index in [4.69, 9.17) is 0 Å². The van der Waals surface area contributed by atoms with E-state index in [1.807, 2.05) is 0 Å². The molecule has 82 valence electrons. The molecule has 0 atom stereocenters. The number of hydrogen-bond acceptors (Lipinski definition) is 2. The summed E-state index contributed by atoms with van der Waals surface area (Å²) in [5, 5.41) is 9.28. The van der Waals surface area contributed by atoms with Crippen molar-refractivity contribution in [3.63, 3.8) is 0 Å². The lowest BCUT2D eigenvalue weighted by atomic mass is 9.81. The van der Waals surface area contributed by atoms with Crippen molar-refractivity contribution in [1.29, 1.82) is 0 Å². The highest BCUT2D eigenvalue weighted by Gasteiger charge is 2.32. The van der Waals surface area contributed by atoms with Crippen LogP contribution in [-0.2, 0) is 0 Å². The zero-order valence-corrected chi connectivity index (χ0v) is 9.34. The third-order valence-corrected chi connectivity index (χ3v) is 4.23. The lowest BCUT2D eigenvalue weighted by Crippen LogP contribution is -2.44. The van der Waals surface area contributed by atoms with Crippen LogP contribution in [0, 0.1) is 5.41 Å². The zero-order chi connectivity index (χ0) is 10.0. The minimum atomic E-state index is 0.217. The molecule has 1 saturated heterocycles. The van der Waals surface area contributed by atoms with Crippen LogP contribution in [0.2, 0.25) is 0 Å². The maximum atomic E-state index is 9.28. The van der Waals surface area contributed by atoms with Crippen molar-refractivity contribution in [3.05, 3.63) is 0 Å². The van der Waals surface area contributed by atoms with Gasteiger partial charge in [0.25, 0.3) is 0 Å². The summed E-state index contributed by atoms with van der Waals surface area (Å²) in [5.74, 6) is 0. The van der Waals surface area contributed by atoms with Gasteiger partial charge in [-0.05, 0) is 44.2 Å². The smallest absolute Gasteiger partial charge is 0.0485 e. The van der Waals surface area contributed by atoms with Crippen molar-refractivity contribution in [2.24, 2.45) is 5.41 Å². The fourth-order valence-corrected chi connectivity index (χ4v) is 2.86. The van der Waals surface area contributed by atoms with Gasteiger partial charge in [0, 0.05) is 12.6 Å². The van der Waals surface area contributed by atoms with Crippen molar-refractivity contribution in [3.8, 4) is 0 Å². The van der Waals surface area contributed by atoms with Crippen LogP contribution in [0.3, 0.4) is 0 Å². The third kappa shape index (κ3) is 2.12. The van der Waals surface area contributed by atoms with Gasteiger partial charge in [0.05, 0.1) is 0 Å². The van der Waals surface area contributed by atoms with E-state index in [2.05, 4.69) is 11.8 Å². The summed E-state index contributed by atoms with van der Waals surface area (Å²) in [6, 6.07) is 0.873. The summed E-state index contributed by atoms with van der Waals surface area (Å²) < 4.78 is 0. The van der Waals surface area contributed by atoms with Crippen LogP contribution >= 0.6 is 0 Å². The lowest BCUT2D eigenvalue weighted by molar-refractivity contribution is 0.0410. The molecule has 0 unspecified atom stereocenters. The molecule has 1 N–H and O–H groups in total. The predicted molar refractivity (Wildman–Crippen MR) is 58.3 cm³/mol. The summed E-state index contributed by atoms with van der Waals surface area (Å²) in [6.07, 6.45) is 8.04. The molecule has 0 aromatic carbocycles. The van der Waals surface area contributed by atoms with Gasteiger partial charge in [-0.25, -0.2) is 0 Å². The number of hydrogen-bond donors (Lipinski definition) is 1. The maximum absolute atomic E-state index is 9.28. The van der Waals surface area contributed by atoms with Crippen molar-refractivity contribution in [1.82, 2.24) is 4.90 Å². The van der Waals surface area contributed by atoms with Crippen molar-refractivity contribution < 1.29 is 5.11 Å². The molecule has 1 aliphatic carbocycles. The molecule has 1 saturated carbocycles. The molecule has 0 aromatic rings. The van der Waals surface area contributed by atoms with E-state index in [1.165, 1.54) is 51.6 Å². The highest BCUT2D eigenvalue weighted by molar-refractivity contribution is 4.86. The number of aliphatic hydroxyl groups excluding tert-OH is 1. The van der Waals surface area contributed by atoms with E-state index in [0.717, 1.165) is 6.04 Å². The lowest BCUT2D eigenvalue weighted by Gasteiger charge is -2.41. The first-order chi connectivity index (χ1) is 6.73. The Balaban J connectivity index is 1.83. The van der Waals surface area contributed by atoms with Crippen LogP contribution in [0.25, 0.3) is 0 Å². The van der Waals surface area contributed by atoms with E-state index < -0.39 is 0 Å². The molecule has 0 aromatic heterocycles. The van der Waals surface area contributed by atoms with Crippen molar-refractivity contribution in [2.45, 2.75) is 51.5 Å². The molecule has 0 bridgehead atoms. The van der Waals surface area contributed by atoms with E-state index in [9.17, 15) is 5.11 Å². The second kappa shape index (κ2) is 4.19. The summed E-state index contributed by atoms with van der Waals surface area (Å²) >= 11 is 0. The number of likely N-dealkylation sites (tertiary alicyclic amines) is 1. The molecule has 2 fully saturated rings. The summed E-state index contributed by atoms with van der Waals surface area (Å²) in [7, 11) is 0. The number of nitrogens with zero attached hydrogens (tertiary/aromatic N) is 1. The molecule has 0 amide bonds. The van der Waals surface area contributed by atoms with Crippen LogP contribution in [-0.4, -0.2) is 35.7 Å². The van der Waals surface area contributed by atoms with Gasteiger partial charge in [-0.3, -0.25) is 0 Å². The van der Waals surface area contributed by atoms with Crippen molar-refractivity contribution >= 4 is 0 Å². The van der Waals surface area contributed by atoms with Crippen LogP contribution in [0.1, 0.15) is 45.4 Å². The quantitative estimate of drug-likeness (QED) is 0.732. The SMILES string of the molecule is CC1(CO)CCN(C2CCCC2)CC1. The van der Waals surface area contributed by atoms with Gasteiger partial charge in [-0.2, -0.15) is 0 Å². The minimum absolute atomic E-state index is 0.217. The Morgan fingerprint density at radius 1 is 1.21 bits per heavy atom. The van der Waals surface area contributed by atoms with Crippen LogP contribution in [0.4, 0.5) is 0 Å². The molecule has 0 spiro atoms. The van der Waals surface area contributed by atoms with Crippen LogP contribution < -0.4 is 0 Å². The third-order valence-electron chi connectivity index (χ3n) is 4.23. The van der Waals surface area contributed by atoms with E-state index >= 15 is 0 Å². The standard InChI is InChI=1S/C12H23NO/c1-12(10-14)6-8-13(9-7-12)11-4-2-3-5-11/h11,14H,2-10H2,1H3. The Kier molecular flexibility index (Phi) is 3.13. The van der Waals surface area contributed by atoms with Crippen molar-refractivity contribution in [2.75, 3.05) is 19.7 Å². The molecule has 2 aliphatic rings. The fourth-order valence-electron chi connectivity index (χ4n) is 2.86. The normalized spacial score (nSPS) is 29.6. The van der Waals surface area contributed by atoms with Gasteiger partial charge in [-0.1, -0.05) is 19.8 Å². The largest absolute Gasteiger partial charge is 0.396 e. The molecule has 1 heterocycles. The van der Waals surface area contributed by atoms with E-state index in [0.29, 0.717) is 6.61 Å². The Morgan fingerprint density at radius 2 is 1.79 bits per heavy atom. The highest BCUT2D eigenvalue weighted by Crippen LogP contribution is 2.33. The van der Waals surface area contributed by atoms with E-state index in [-0.39, 0.29) is 5.41 Å². The van der Waals surface area contributed by atoms with Gasteiger partial charge in [0.15, 0.2) is 0 Å². The van der Waals surface area contributed by atoms with Gasteiger partial charge in [-0.15, -0.1) is 0 Å². The van der Waals surface area contributed by atoms with Gasteiger partial charge in [0.1, 0.15) is 0 Å². The monoisotopic (exact) mass is 197 g/mol. The average molecular weight is 197 g/mol. The average Bonchev–Trinajstić information content (AvgIpc) is 2.72. The molecule has 1 aliphatic heterocycles. The minimum Gasteiger partial charge on any atom is -0.396 e. The first kappa shape index (κ1) is 10.4. The summed E-state index contributed by atoms with van der Waals surface area (Å²) in [4.78, 5) is 2.66. The second-order valence-electron chi connectivity index (χ2n) is 5.44. The Labute approximate surface area is 87.3 Å². The van der Waals surface area contributed by atoms with Gasteiger partial charge < -0.3 is 10.0 Å². The fraction of sp³-hybridized carbons (Fsp3) is 1.00. The van der Waals surface area contributed by atoms with Gasteiger partial charge >= 0.3 is 0 Å². The first-order valence-electron chi connectivity index (χ1n) is 6.08. The molecule has 2 heteroatoms. The molecule has 14 heavy (non-hydrogen) atoms. The highest BCUT2D eigenvalue weighted by atomic mass is 16.3. The van der Waals surface area contributed by atoms with E-state index in [1.54, 1.807) is 0 Å². The molecular weight excluding hydrogens is 174 g/mol. The van der Waals surface area contributed by atoms with Gasteiger partial charge in [0.2, 0.25) is 0 Å². The Bertz CT molecular complexity index is 179.